The molecule has 0 atom stereocenters. The summed E-state index contributed by atoms with van der Waals surface area (Å²) in [5.74, 6) is 0.986. The van der Waals surface area contributed by atoms with E-state index in [0.29, 0.717) is 54.9 Å². The van der Waals surface area contributed by atoms with E-state index in [2.05, 4.69) is 0 Å². The standard InChI is InChI=1S/C21H23ClN2O4/c1-2-27-18-8-3-4-9-19(18)28-15-20(25)23-10-12-24(13-11-23)21(26)16-6-5-7-17(22)14-16/h3-9,14H,2,10-13,15H2,1H3. The van der Waals surface area contributed by atoms with Crippen molar-refractivity contribution in [1.29, 1.82) is 0 Å². The van der Waals surface area contributed by atoms with Crippen LogP contribution in [0, 0.1) is 0 Å². The zero-order valence-corrected chi connectivity index (χ0v) is 16.5. The molecule has 0 radical (unpaired) electrons. The highest BCUT2D eigenvalue weighted by Crippen LogP contribution is 2.26. The number of amides is 2. The molecule has 1 aliphatic heterocycles. The molecule has 1 heterocycles. The maximum absolute atomic E-state index is 12.6. The van der Waals surface area contributed by atoms with Crippen molar-refractivity contribution in [3.8, 4) is 11.5 Å². The highest BCUT2D eigenvalue weighted by atomic mass is 35.5. The minimum atomic E-state index is -0.110. The van der Waals surface area contributed by atoms with Gasteiger partial charge < -0.3 is 19.3 Å². The lowest BCUT2D eigenvalue weighted by molar-refractivity contribution is -0.134. The van der Waals surface area contributed by atoms with Gasteiger partial charge in [-0.15, -0.1) is 0 Å². The van der Waals surface area contributed by atoms with Gasteiger partial charge in [-0.05, 0) is 37.3 Å². The van der Waals surface area contributed by atoms with Crippen molar-refractivity contribution in [2.45, 2.75) is 6.92 Å². The van der Waals surface area contributed by atoms with E-state index in [4.69, 9.17) is 21.1 Å². The number of halogens is 1. The van der Waals surface area contributed by atoms with Gasteiger partial charge >= 0.3 is 0 Å². The van der Waals surface area contributed by atoms with Gasteiger partial charge in [0.1, 0.15) is 0 Å². The number of benzene rings is 2. The van der Waals surface area contributed by atoms with Crippen LogP contribution in [-0.4, -0.2) is 61.0 Å². The second-order valence-corrected chi connectivity index (χ2v) is 6.79. The van der Waals surface area contributed by atoms with E-state index in [-0.39, 0.29) is 18.4 Å². The van der Waals surface area contributed by atoms with E-state index < -0.39 is 0 Å². The minimum Gasteiger partial charge on any atom is -0.490 e. The summed E-state index contributed by atoms with van der Waals surface area (Å²) in [6, 6.07) is 14.2. The zero-order valence-electron chi connectivity index (χ0n) is 15.8. The Morgan fingerprint density at radius 2 is 1.57 bits per heavy atom. The Balaban J connectivity index is 1.51. The number of hydrogen-bond donors (Lipinski definition) is 0. The number of carbonyl (C=O) groups is 2. The van der Waals surface area contributed by atoms with Gasteiger partial charge in [0.15, 0.2) is 18.1 Å². The fourth-order valence-corrected chi connectivity index (χ4v) is 3.23. The molecule has 0 N–H and O–H groups in total. The molecular weight excluding hydrogens is 380 g/mol. The predicted molar refractivity (Wildman–Crippen MR) is 107 cm³/mol. The maximum atomic E-state index is 12.6. The summed E-state index contributed by atoms with van der Waals surface area (Å²) in [6.07, 6.45) is 0. The third-order valence-corrected chi connectivity index (χ3v) is 4.73. The van der Waals surface area contributed by atoms with Crippen LogP contribution in [0.3, 0.4) is 0 Å². The van der Waals surface area contributed by atoms with Gasteiger partial charge in [0, 0.05) is 36.8 Å². The molecule has 2 aromatic carbocycles. The number of carbonyl (C=O) groups excluding carboxylic acids is 2. The first-order valence-corrected chi connectivity index (χ1v) is 9.63. The summed E-state index contributed by atoms with van der Waals surface area (Å²) < 4.78 is 11.2. The number of nitrogens with zero attached hydrogens (tertiary/aromatic N) is 2. The Labute approximate surface area is 169 Å². The van der Waals surface area contributed by atoms with Crippen LogP contribution in [0.4, 0.5) is 0 Å². The second kappa shape index (κ2) is 9.46. The van der Waals surface area contributed by atoms with Crippen molar-refractivity contribution in [3.05, 3.63) is 59.1 Å². The number of rotatable bonds is 6. The van der Waals surface area contributed by atoms with Crippen LogP contribution in [0.5, 0.6) is 11.5 Å². The Hall–Kier alpha value is -2.73. The average Bonchev–Trinajstić information content (AvgIpc) is 2.73. The first kappa shape index (κ1) is 20.0. The fourth-order valence-electron chi connectivity index (χ4n) is 3.04. The molecule has 2 aromatic rings. The number of ether oxygens (including phenoxy) is 2. The van der Waals surface area contributed by atoms with Crippen molar-refractivity contribution in [2.24, 2.45) is 0 Å². The minimum absolute atomic E-state index is 0.0632. The SMILES string of the molecule is CCOc1ccccc1OCC(=O)N1CCN(C(=O)c2cccc(Cl)c2)CC1. The molecule has 3 rings (SSSR count). The quantitative estimate of drug-likeness (QED) is 0.745. The lowest BCUT2D eigenvalue weighted by Gasteiger charge is -2.34. The maximum Gasteiger partial charge on any atom is 0.260 e. The first-order valence-electron chi connectivity index (χ1n) is 9.25. The molecule has 7 heteroatoms. The van der Waals surface area contributed by atoms with Gasteiger partial charge in [-0.1, -0.05) is 29.8 Å². The van der Waals surface area contributed by atoms with E-state index in [1.165, 1.54) is 0 Å². The van der Waals surface area contributed by atoms with E-state index in [0.717, 1.165) is 0 Å². The van der Waals surface area contributed by atoms with E-state index >= 15 is 0 Å². The third-order valence-electron chi connectivity index (χ3n) is 4.49. The van der Waals surface area contributed by atoms with Crippen molar-refractivity contribution >= 4 is 23.4 Å². The Morgan fingerprint density at radius 1 is 0.929 bits per heavy atom. The van der Waals surface area contributed by atoms with Crippen LogP contribution >= 0.6 is 11.6 Å². The first-order chi connectivity index (χ1) is 13.6. The van der Waals surface area contributed by atoms with Crippen LogP contribution in [0.15, 0.2) is 48.5 Å². The van der Waals surface area contributed by atoms with Crippen LogP contribution in [0.1, 0.15) is 17.3 Å². The second-order valence-electron chi connectivity index (χ2n) is 6.35. The molecule has 0 saturated carbocycles. The molecule has 0 spiro atoms. The van der Waals surface area contributed by atoms with Crippen LogP contribution < -0.4 is 9.47 Å². The third kappa shape index (κ3) is 4.95. The van der Waals surface area contributed by atoms with Gasteiger partial charge in [-0.2, -0.15) is 0 Å². The lowest BCUT2D eigenvalue weighted by atomic mass is 10.2. The molecule has 148 valence electrons. The summed E-state index contributed by atoms with van der Waals surface area (Å²) in [6.45, 7) is 4.26. The van der Waals surface area contributed by atoms with Crippen LogP contribution in [0.2, 0.25) is 5.02 Å². The summed E-state index contributed by atoms with van der Waals surface area (Å²) in [7, 11) is 0. The van der Waals surface area contributed by atoms with Crippen LogP contribution in [0.25, 0.3) is 0 Å². The van der Waals surface area contributed by atoms with E-state index in [1.807, 2.05) is 25.1 Å². The number of para-hydroxylation sites is 2. The fraction of sp³-hybridized carbons (Fsp3) is 0.333. The molecule has 1 fully saturated rings. The zero-order chi connectivity index (χ0) is 19.9. The summed E-state index contributed by atoms with van der Waals surface area (Å²) in [5.41, 5.74) is 0.558. The smallest absolute Gasteiger partial charge is 0.260 e. The molecule has 1 saturated heterocycles. The molecule has 0 bridgehead atoms. The van der Waals surface area contributed by atoms with Gasteiger partial charge in [0.2, 0.25) is 0 Å². The molecule has 6 nitrogen and oxygen atoms in total. The number of piperazine rings is 1. The lowest BCUT2D eigenvalue weighted by Crippen LogP contribution is -2.51. The van der Waals surface area contributed by atoms with Crippen molar-refractivity contribution in [3.63, 3.8) is 0 Å². The monoisotopic (exact) mass is 402 g/mol. The largest absolute Gasteiger partial charge is 0.490 e. The summed E-state index contributed by atoms with van der Waals surface area (Å²) in [5, 5.41) is 0.532. The Kier molecular flexibility index (Phi) is 6.76. The molecule has 1 aliphatic rings. The Morgan fingerprint density at radius 3 is 2.21 bits per heavy atom. The highest BCUT2D eigenvalue weighted by Gasteiger charge is 2.25. The van der Waals surface area contributed by atoms with Crippen molar-refractivity contribution in [1.82, 2.24) is 9.80 Å². The number of hydrogen-bond acceptors (Lipinski definition) is 4. The molecule has 0 aliphatic carbocycles. The van der Waals surface area contributed by atoms with E-state index in [9.17, 15) is 9.59 Å². The van der Waals surface area contributed by atoms with Gasteiger partial charge in [0.25, 0.3) is 11.8 Å². The molecular formula is C21H23ClN2O4. The van der Waals surface area contributed by atoms with Crippen LogP contribution in [-0.2, 0) is 4.79 Å². The predicted octanol–water partition coefficient (Wildman–Crippen LogP) is 3.10. The van der Waals surface area contributed by atoms with Gasteiger partial charge in [0.05, 0.1) is 6.61 Å². The summed E-state index contributed by atoms with van der Waals surface area (Å²) >= 11 is 5.96. The normalized spacial score (nSPS) is 13.9. The summed E-state index contributed by atoms with van der Waals surface area (Å²) in [4.78, 5) is 28.5. The van der Waals surface area contributed by atoms with Crippen molar-refractivity contribution in [2.75, 3.05) is 39.4 Å². The van der Waals surface area contributed by atoms with Crippen molar-refractivity contribution < 1.29 is 19.1 Å². The van der Waals surface area contributed by atoms with E-state index in [1.54, 1.807) is 40.1 Å². The highest BCUT2D eigenvalue weighted by molar-refractivity contribution is 6.30. The average molecular weight is 403 g/mol. The topological polar surface area (TPSA) is 59.1 Å². The molecule has 0 aromatic heterocycles. The Bertz CT molecular complexity index is 835. The van der Waals surface area contributed by atoms with Gasteiger partial charge in [-0.3, -0.25) is 9.59 Å². The molecule has 2 amide bonds. The molecule has 0 unspecified atom stereocenters. The molecule has 28 heavy (non-hydrogen) atoms. The van der Waals surface area contributed by atoms with Gasteiger partial charge in [-0.25, -0.2) is 0 Å².